The molecular formula is C29H38N8O6S. The van der Waals surface area contributed by atoms with Crippen molar-refractivity contribution in [2.24, 2.45) is 5.16 Å². The monoisotopic (exact) mass is 626 g/mol. The minimum absolute atomic E-state index is 0.00868. The van der Waals surface area contributed by atoms with Crippen LogP contribution in [0.4, 0.5) is 5.95 Å². The molecule has 1 aliphatic rings. The molecule has 3 heterocycles. The van der Waals surface area contributed by atoms with E-state index in [0.717, 1.165) is 5.56 Å². The smallest absolute Gasteiger partial charge is 0.243 e. The van der Waals surface area contributed by atoms with Crippen molar-refractivity contribution in [1.29, 1.82) is 0 Å². The van der Waals surface area contributed by atoms with E-state index in [-0.39, 0.29) is 17.9 Å². The second-order valence-corrected chi connectivity index (χ2v) is 12.0. The van der Waals surface area contributed by atoms with Gasteiger partial charge in [-0.1, -0.05) is 23.4 Å². The number of aromatic nitrogens is 5. The minimum atomic E-state index is -4.14. The van der Waals surface area contributed by atoms with E-state index in [1.165, 1.54) is 32.1 Å². The van der Waals surface area contributed by atoms with Crippen molar-refractivity contribution in [3.05, 3.63) is 66.0 Å². The third-order valence-electron chi connectivity index (χ3n) is 7.15. The van der Waals surface area contributed by atoms with Crippen LogP contribution >= 0.6 is 0 Å². The number of likely N-dealkylation sites (tertiary alicyclic amines) is 1. The number of rotatable bonds is 14. The van der Waals surface area contributed by atoms with Crippen LogP contribution in [0, 0.1) is 6.92 Å². The summed E-state index contributed by atoms with van der Waals surface area (Å²) < 4.78 is 49.3. The molecule has 1 fully saturated rings. The SMILES string of the molecule is C\C=C/C=C(\C=N\OC)c1nnc(NS(=O)(=O)[C@@H](C)[C@@H](c2ncc(C)cn2)N2CC(OC)C2)n1-c1c(OC)cccc1OC. The zero-order chi connectivity index (χ0) is 31.9. The number of aryl methyl sites for hydroxylation is 1. The molecule has 0 unspecified atom stereocenters. The van der Waals surface area contributed by atoms with E-state index in [2.05, 4.69) is 30.0 Å². The molecule has 2 aromatic heterocycles. The van der Waals surface area contributed by atoms with Crippen molar-refractivity contribution in [1.82, 2.24) is 29.6 Å². The number of sulfonamides is 1. The summed E-state index contributed by atoms with van der Waals surface area (Å²) in [6.07, 6.45) is 10.1. The molecule has 15 heteroatoms. The number of ether oxygens (including phenoxy) is 3. The molecular weight excluding hydrogens is 588 g/mol. The summed E-state index contributed by atoms with van der Waals surface area (Å²) in [7, 11) is 1.92. The van der Waals surface area contributed by atoms with Crippen LogP contribution in [0.15, 0.2) is 54.0 Å². The van der Waals surface area contributed by atoms with Crippen molar-refractivity contribution < 1.29 is 27.5 Å². The highest BCUT2D eigenvalue weighted by atomic mass is 32.2. The van der Waals surface area contributed by atoms with Crippen LogP contribution in [-0.2, 0) is 19.6 Å². The zero-order valence-electron chi connectivity index (χ0n) is 25.8. The van der Waals surface area contributed by atoms with Crippen molar-refractivity contribution in [2.45, 2.75) is 38.2 Å². The van der Waals surface area contributed by atoms with Gasteiger partial charge in [0.15, 0.2) is 5.82 Å². The Morgan fingerprint density at radius 2 is 1.75 bits per heavy atom. The van der Waals surface area contributed by atoms with Gasteiger partial charge in [-0.25, -0.2) is 18.4 Å². The van der Waals surface area contributed by atoms with Gasteiger partial charge in [0.2, 0.25) is 16.0 Å². The Morgan fingerprint density at radius 1 is 1.09 bits per heavy atom. The topological polar surface area (TPSA) is 155 Å². The number of hydrogen-bond acceptors (Lipinski definition) is 12. The Bertz CT molecular complexity index is 1590. The van der Waals surface area contributed by atoms with Crippen LogP contribution in [0.2, 0.25) is 0 Å². The molecule has 236 valence electrons. The van der Waals surface area contributed by atoms with Gasteiger partial charge >= 0.3 is 0 Å². The number of benzene rings is 1. The zero-order valence-corrected chi connectivity index (χ0v) is 26.6. The molecule has 4 rings (SSSR count). The van der Waals surface area contributed by atoms with Crippen LogP contribution in [0.3, 0.4) is 0 Å². The third-order valence-corrected chi connectivity index (χ3v) is 8.85. The average molecular weight is 627 g/mol. The second kappa shape index (κ2) is 14.4. The molecule has 2 atom stereocenters. The molecule has 1 aliphatic heterocycles. The van der Waals surface area contributed by atoms with E-state index in [1.54, 1.807) is 56.8 Å². The lowest BCUT2D eigenvalue weighted by atomic mass is 10.0. The maximum Gasteiger partial charge on any atom is 0.243 e. The van der Waals surface area contributed by atoms with Gasteiger partial charge < -0.3 is 19.0 Å². The molecule has 0 radical (unpaired) electrons. The number of nitrogens with zero attached hydrogens (tertiary/aromatic N) is 7. The summed E-state index contributed by atoms with van der Waals surface area (Å²) in [4.78, 5) is 15.9. The summed E-state index contributed by atoms with van der Waals surface area (Å²) in [5, 5.41) is 11.5. The molecule has 3 aromatic rings. The maximum atomic E-state index is 14.2. The van der Waals surface area contributed by atoms with Crippen molar-refractivity contribution in [3.8, 4) is 17.2 Å². The molecule has 0 aliphatic carbocycles. The molecule has 0 amide bonds. The van der Waals surface area contributed by atoms with Crippen molar-refractivity contribution >= 4 is 27.8 Å². The normalized spacial score (nSPS) is 16.2. The predicted octanol–water partition coefficient (Wildman–Crippen LogP) is 3.18. The first-order valence-corrected chi connectivity index (χ1v) is 15.4. The second-order valence-electron chi connectivity index (χ2n) is 9.99. The molecule has 1 aromatic carbocycles. The molecule has 1 saturated heterocycles. The van der Waals surface area contributed by atoms with Gasteiger partial charge in [-0.3, -0.25) is 14.2 Å². The fourth-order valence-electron chi connectivity index (χ4n) is 4.75. The van der Waals surface area contributed by atoms with E-state index >= 15 is 0 Å². The van der Waals surface area contributed by atoms with E-state index in [0.29, 0.717) is 41.7 Å². The number of oxime groups is 1. The first kappa shape index (κ1) is 32.6. The van der Waals surface area contributed by atoms with Gasteiger partial charge in [0.05, 0.1) is 32.6 Å². The Morgan fingerprint density at radius 3 is 2.32 bits per heavy atom. The highest BCUT2D eigenvalue weighted by Gasteiger charge is 2.43. The highest BCUT2D eigenvalue weighted by molar-refractivity contribution is 7.93. The number of allylic oxidation sites excluding steroid dienone is 4. The average Bonchev–Trinajstić information content (AvgIpc) is 3.40. The molecule has 0 saturated carbocycles. The summed E-state index contributed by atoms with van der Waals surface area (Å²) >= 11 is 0. The van der Waals surface area contributed by atoms with Gasteiger partial charge in [-0.15, -0.1) is 10.2 Å². The summed E-state index contributed by atoms with van der Waals surface area (Å²) in [5.41, 5.74) is 1.72. The third kappa shape index (κ3) is 6.90. The largest absolute Gasteiger partial charge is 0.494 e. The number of nitrogens with one attached hydrogen (secondary N) is 1. The lowest BCUT2D eigenvalue weighted by Gasteiger charge is -2.44. The van der Waals surface area contributed by atoms with Gasteiger partial charge in [-0.05, 0) is 44.5 Å². The van der Waals surface area contributed by atoms with Gasteiger partial charge in [0.25, 0.3) is 0 Å². The lowest BCUT2D eigenvalue weighted by molar-refractivity contribution is -0.0530. The predicted molar refractivity (Wildman–Crippen MR) is 167 cm³/mol. The minimum Gasteiger partial charge on any atom is -0.494 e. The summed E-state index contributed by atoms with van der Waals surface area (Å²) in [5.74, 6) is 1.34. The molecule has 14 nitrogen and oxygen atoms in total. The van der Waals surface area contributed by atoms with Gasteiger partial charge in [0.1, 0.15) is 35.4 Å². The molecule has 0 spiro atoms. The first-order chi connectivity index (χ1) is 21.2. The van der Waals surface area contributed by atoms with E-state index < -0.39 is 21.3 Å². The molecule has 44 heavy (non-hydrogen) atoms. The number of para-hydroxylation sites is 1. The Kier molecular flexibility index (Phi) is 10.7. The fraction of sp³-hybridized carbons (Fsp3) is 0.414. The van der Waals surface area contributed by atoms with E-state index in [1.807, 2.05) is 24.8 Å². The van der Waals surface area contributed by atoms with E-state index in [4.69, 9.17) is 19.0 Å². The first-order valence-electron chi connectivity index (χ1n) is 13.8. The van der Waals surface area contributed by atoms with Gasteiger partial charge in [-0.2, -0.15) is 0 Å². The summed E-state index contributed by atoms with van der Waals surface area (Å²) in [6, 6.07) is 4.55. The van der Waals surface area contributed by atoms with Crippen LogP contribution < -0.4 is 14.2 Å². The van der Waals surface area contributed by atoms with Crippen LogP contribution in [0.25, 0.3) is 11.3 Å². The van der Waals surface area contributed by atoms with Crippen molar-refractivity contribution in [2.75, 3.05) is 46.3 Å². The van der Waals surface area contributed by atoms with Crippen LogP contribution in [-0.4, -0.2) is 97.1 Å². The molecule has 0 bridgehead atoms. The number of anilines is 1. The quantitative estimate of drug-likeness (QED) is 0.159. The Hall–Kier alpha value is -4.34. The fourth-order valence-corrected chi connectivity index (χ4v) is 5.95. The number of hydrogen-bond donors (Lipinski definition) is 1. The summed E-state index contributed by atoms with van der Waals surface area (Å²) in [6.45, 7) is 6.42. The standard InChI is InChI=1S/C29H38N8O6S/c1-8-9-11-21(16-32-43-7)28-33-34-29(37(28)26-23(41-5)12-10-13-24(26)42-6)35-44(38,39)20(3)25(36-17-22(18-36)40-4)27-30-14-19(2)15-31-27/h8-16,20,22,25H,17-18H2,1-7H3,(H,34,35)/b9-8-,21-11+,32-16+/t20-,25-/m0/s1. The molecule has 1 N–H and O–H groups in total. The van der Waals surface area contributed by atoms with Crippen molar-refractivity contribution in [3.63, 3.8) is 0 Å². The highest BCUT2D eigenvalue weighted by Crippen LogP contribution is 2.37. The van der Waals surface area contributed by atoms with E-state index in [9.17, 15) is 8.42 Å². The Balaban J connectivity index is 1.85. The maximum absolute atomic E-state index is 14.2. The number of methoxy groups -OCH3 is 3. The Labute approximate surface area is 257 Å². The van der Waals surface area contributed by atoms with Crippen LogP contribution in [0.1, 0.15) is 37.1 Å². The lowest BCUT2D eigenvalue weighted by Crippen LogP contribution is -2.56. The van der Waals surface area contributed by atoms with Crippen LogP contribution in [0.5, 0.6) is 11.5 Å². The van der Waals surface area contributed by atoms with Gasteiger partial charge in [0, 0.05) is 38.2 Å².